The van der Waals surface area contributed by atoms with Crippen molar-refractivity contribution < 1.29 is 23.9 Å². The predicted molar refractivity (Wildman–Crippen MR) is 85.1 cm³/mol. The molecule has 0 radical (unpaired) electrons. The number of likely N-dealkylation sites (N-methyl/N-ethyl adjacent to an activating group) is 1. The van der Waals surface area contributed by atoms with Crippen molar-refractivity contribution in [2.75, 3.05) is 48.5 Å². The first-order valence-electron chi connectivity index (χ1n) is 7.36. The second-order valence-electron chi connectivity index (χ2n) is 5.34. The lowest BCUT2D eigenvalue weighted by Crippen LogP contribution is -3.06. The summed E-state index contributed by atoms with van der Waals surface area (Å²) >= 11 is 0. The molecule has 0 saturated heterocycles. The average molecular weight is 311 g/mol. The molecule has 0 spiro atoms. The SMILES string of the molecule is COc1cc(CCC(=O)NCC[NH+](C)C)cc(OC)c1OC. The van der Waals surface area contributed by atoms with Gasteiger partial charge >= 0.3 is 0 Å². The van der Waals surface area contributed by atoms with Crippen LogP contribution in [0.3, 0.4) is 0 Å². The minimum atomic E-state index is 0.0509. The van der Waals surface area contributed by atoms with Gasteiger partial charge in [0, 0.05) is 6.42 Å². The van der Waals surface area contributed by atoms with Crippen molar-refractivity contribution in [1.82, 2.24) is 5.32 Å². The van der Waals surface area contributed by atoms with Gasteiger partial charge in [-0.15, -0.1) is 0 Å². The predicted octanol–water partition coefficient (Wildman–Crippen LogP) is -0.0943. The monoisotopic (exact) mass is 311 g/mol. The van der Waals surface area contributed by atoms with Gasteiger partial charge in [-0.2, -0.15) is 0 Å². The van der Waals surface area contributed by atoms with Gasteiger partial charge in [-0.3, -0.25) is 4.79 Å². The third-order valence-electron chi connectivity index (χ3n) is 3.31. The normalized spacial score (nSPS) is 10.5. The average Bonchev–Trinajstić information content (AvgIpc) is 2.51. The molecule has 0 atom stereocenters. The summed E-state index contributed by atoms with van der Waals surface area (Å²) in [5.74, 6) is 1.82. The molecule has 6 nitrogen and oxygen atoms in total. The lowest BCUT2D eigenvalue weighted by Gasteiger charge is -2.14. The molecule has 0 unspecified atom stereocenters. The van der Waals surface area contributed by atoms with E-state index in [2.05, 4.69) is 19.4 Å². The van der Waals surface area contributed by atoms with Gasteiger partial charge in [-0.1, -0.05) is 0 Å². The number of hydrogen-bond donors (Lipinski definition) is 2. The van der Waals surface area contributed by atoms with Crippen molar-refractivity contribution in [1.29, 1.82) is 0 Å². The second kappa shape index (κ2) is 9.15. The molecule has 22 heavy (non-hydrogen) atoms. The molecule has 1 aromatic carbocycles. The summed E-state index contributed by atoms with van der Waals surface area (Å²) in [6.07, 6.45) is 1.05. The maximum absolute atomic E-state index is 11.8. The van der Waals surface area contributed by atoms with Crippen LogP contribution in [0.25, 0.3) is 0 Å². The van der Waals surface area contributed by atoms with E-state index in [1.807, 2.05) is 12.1 Å². The number of aryl methyl sites for hydroxylation is 1. The molecule has 0 aliphatic heterocycles. The van der Waals surface area contributed by atoms with Crippen LogP contribution in [-0.2, 0) is 11.2 Å². The minimum absolute atomic E-state index is 0.0509. The summed E-state index contributed by atoms with van der Waals surface area (Å²) in [5, 5.41) is 2.92. The molecule has 0 aliphatic rings. The van der Waals surface area contributed by atoms with E-state index in [1.54, 1.807) is 21.3 Å². The highest BCUT2D eigenvalue weighted by Gasteiger charge is 2.13. The molecular weight excluding hydrogens is 284 g/mol. The quantitative estimate of drug-likeness (QED) is 0.669. The van der Waals surface area contributed by atoms with E-state index in [4.69, 9.17) is 14.2 Å². The van der Waals surface area contributed by atoms with Crippen molar-refractivity contribution >= 4 is 5.91 Å². The van der Waals surface area contributed by atoms with Gasteiger partial charge in [0.25, 0.3) is 0 Å². The number of nitrogens with one attached hydrogen (secondary N) is 2. The molecule has 0 saturated carbocycles. The number of amides is 1. The number of rotatable bonds is 9. The fourth-order valence-corrected chi connectivity index (χ4v) is 2.08. The lowest BCUT2D eigenvalue weighted by molar-refractivity contribution is -0.856. The summed E-state index contributed by atoms with van der Waals surface area (Å²) in [7, 11) is 8.85. The Balaban J connectivity index is 2.64. The van der Waals surface area contributed by atoms with Crippen LogP contribution in [0.1, 0.15) is 12.0 Å². The third-order valence-corrected chi connectivity index (χ3v) is 3.31. The highest BCUT2D eigenvalue weighted by Crippen LogP contribution is 2.38. The number of benzene rings is 1. The van der Waals surface area contributed by atoms with Gasteiger partial charge in [0.05, 0.1) is 48.5 Å². The first kappa shape index (κ1) is 18.1. The molecule has 124 valence electrons. The Hall–Kier alpha value is -1.95. The number of hydrogen-bond acceptors (Lipinski definition) is 4. The van der Waals surface area contributed by atoms with Gasteiger partial charge < -0.3 is 24.4 Å². The van der Waals surface area contributed by atoms with Crippen LogP contribution in [0, 0.1) is 0 Å². The van der Waals surface area contributed by atoms with Crippen molar-refractivity contribution in [3.05, 3.63) is 17.7 Å². The maximum Gasteiger partial charge on any atom is 0.220 e. The maximum atomic E-state index is 11.8. The number of methoxy groups -OCH3 is 3. The molecule has 6 heteroatoms. The molecule has 1 aromatic rings. The highest BCUT2D eigenvalue weighted by molar-refractivity contribution is 5.76. The molecule has 0 bridgehead atoms. The first-order valence-corrected chi connectivity index (χ1v) is 7.36. The van der Waals surface area contributed by atoms with Gasteiger partial charge in [-0.05, 0) is 24.1 Å². The summed E-state index contributed by atoms with van der Waals surface area (Å²) in [6, 6.07) is 3.75. The highest BCUT2D eigenvalue weighted by atomic mass is 16.5. The van der Waals surface area contributed by atoms with Crippen LogP contribution in [0.2, 0.25) is 0 Å². The van der Waals surface area contributed by atoms with E-state index in [1.165, 1.54) is 4.90 Å². The van der Waals surface area contributed by atoms with E-state index in [0.717, 1.165) is 12.1 Å². The Kier molecular flexibility index (Phi) is 7.52. The largest absolute Gasteiger partial charge is 0.493 e. The van der Waals surface area contributed by atoms with E-state index in [9.17, 15) is 4.79 Å². The van der Waals surface area contributed by atoms with Gasteiger partial charge in [0.1, 0.15) is 0 Å². The van der Waals surface area contributed by atoms with Crippen LogP contribution in [0.15, 0.2) is 12.1 Å². The van der Waals surface area contributed by atoms with E-state index < -0.39 is 0 Å². The molecule has 2 N–H and O–H groups in total. The standard InChI is InChI=1S/C16H26N2O4/c1-18(2)9-8-17-15(19)7-6-12-10-13(20-3)16(22-5)14(11-12)21-4/h10-11H,6-9H2,1-5H3,(H,17,19)/p+1. The summed E-state index contributed by atoms with van der Waals surface area (Å²) in [6.45, 7) is 1.60. The molecule has 0 heterocycles. The van der Waals surface area contributed by atoms with Gasteiger partial charge in [0.15, 0.2) is 11.5 Å². The molecule has 1 amide bonds. The van der Waals surface area contributed by atoms with Crippen molar-refractivity contribution in [2.24, 2.45) is 0 Å². The Morgan fingerprint density at radius 3 is 2.14 bits per heavy atom. The summed E-state index contributed by atoms with van der Waals surface area (Å²) in [4.78, 5) is 13.1. The van der Waals surface area contributed by atoms with Crippen LogP contribution in [0.4, 0.5) is 0 Å². The number of ether oxygens (including phenoxy) is 3. The van der Waals surface area contributed by atoms with Crippen LogP contribution >= 0.6 is 0 Å². The number of carbonyl (C=O) groups excluding carboxylic acids is 1. The summed E-state index contributed by atoms with van der Waals surface area (Å²) < 4.78 is 15.9. The van der Waals surface area contributed by atoms with Crippen LogP contribution in [0.5, 0.6) is 17.2 Å². The van der Waals surface area contributed by atoms with Gasteiger partial charge in [0.2, 0.25) is 11.7 Å². The molecule has 1 rings (SSSR count). The zero-order chi connectivity index (χ0) is 16.5. The van der Waals surface area contributed by atoms with E-state index >= 15 is 0 Å². The Labute approximate surface area is 132 Å². The third kappa shape index (κ3) is 5.44. The zero-order valence-electron chi connectivity index (χ0n) is 14.1. The topological polar surface area (TPSA) is 61.2 Å². The van der Waals surface area contributed by atoms with Crippen molar-refractivity contribution in [3.63, 3.8) is 0 Å². The minimum Gasteiger partial charge on any atom is -0.493 e. The van der Waals surface area contributed by atoms with E-state index in [0.29, 0.717) is 36.6 Å². The lowest BCUT2D eigenvalue weighted by atomic mass is 10.1. The zero-order valence-corrected chi connectivity index (χ0v) is 14.1. The second-order valence-corrected chi connectivity index (χ2v) is 5.34. The number of quaternary nitrogens is 1. The van der Waals surface area contributed by atoms with Crippen LogP contribution in [-0.4, -0.2) is 54.4 Å². The smallest absolute Gasteiger partial charge is 0.220 e. The van der Waals surface area contributed by atoms with Crippen molar-refractivity contribution in [3.8, 4) is 17.2 Å². The Morgan fingerprint density at radius 2 is 1.68 bits per heavy atom. The van der Waals surface area contributed by atoms with E-state index in [-0.39, 0.29) is 5.91 Å². The molecule has 0 fully saturated rings. The fourth-order valence-electron chi connectivity index (χ4n) is 2.08. The molecule has 0 aliphatic carbocycles. The fraction of sp³-hybridized carbons (Fsp3) is 0.562. The van der Waals surface area contributed by atoms with Crippen molar-refractivity contribution in [2.45, 2.75) is 12.8 Å². The first-order chi connectivity index (χ1) is 10.5. The molecule has 0 aromatic heterocycles. The van der Waals surface area contributed by atoms with Crippen LogP contribution < -0.4 is 24.4 Å². The van der Waals surface area contributed by atoms with Gasteiger partial charge in [-0.25, -0.2) is 0 Å². The Morgan fingerprint density at radius 1 is 1.09 bits per heavy atom. The molecular formula is C16H27N2O4+. The Bertz CT molecular complexity index is 464. The summed E-state index contributed by atoms with van der Waals surface area (Å²) in [5.41, 5.74) is 0.975. The number of carbonyl (C=O) groups is 1.